The molecular weight excluding hydrogens is 348 g/mol. The zero-order valence-electron chi connectivity index (χ0n) is 20.0. The molecule has 0 amide bonds. The van der Waals surface area contributed by atoms with Crippen LogP contribution in [0.5, 0.6) is 0 Å². The van der Waals surface area contributed by atoms with Gasteiger partial charge in [-0.25, -0.2) is 0 Å². The molecule has 0 heterocycles. The number of benzene rings is 3. The first kappa shape index (κ1) is 21.4. The van der Waals surface area contributed by atoms with Gasteiger partial charge in [-0.15, -0.1) is 0 Å². The van der Waals surface area contributed by atoms with Crippen LogP contribution in [0, 0.1) is 69.2 Å². The summed E-state index contributed by atoms with van der Waals surface area (Å²) in [5, 5.41) is 0. The second kappa shape index (κ2) is 7.82. The molecule has 0 saturated carbocycles. The Morgan fingerprint density at radius 3 is 1.21 bits per heavy atom. The second-order valence-electron chi connectivity index (χ2n) is 9.03. The van der Waals surface area contributed by atoms with Gasteiger partial charge in [-0.3, -0.25) is 0 Å². The molecule has 0 bridgehead atoms. The maximum atomic E-state index is 2.44. The van der Waals surface area contributed by atoms with E-state index in [9.17, 15) is 0 Å². The largest absolute Gasteiger partial charge is 0.0587 e. The molecule has 0 aromatic heterocycles. The molecule has 0 N–H and O–H groups in total. The third-order valence-electron chi connectivity index (χ3n) is 7.65. The lowest BCUT2D eigenvalue weighted by Gasteiger charge is -2.28. The molecule has 0 fully saturated rings. The Balaban J connectivity index is 2.42. The molecule has 0 heteroatoms. The van der Waals surface area contributed by atoms with Gasteiger partial charge in [-0.1, -0.05) is 30.3 Å². The first-order valence-corrected chi connectivity index (χ1v) is 10.8. The van der Waals surface area contributed by atoms with E-state index in [2.05, 4.69) is 99.6 Å². The fourth-order valence-electron chi connectivity index (χ4n) is 4.63. The van der Waals surface area contributed by atoms with Crippen molar-refractivity contribution in [2.45, 2.75) is 75.2 Å². The molecule has 3 aromatic rings. The highest BCUT2D eigenvalue weighted by molar-refractivity contribution is 5.57. The summed E-state index contributed by atoms with van der Waals surface area (Å²) < 4.78 is 0. The Morgan fingerprint density at radius 2 is 0.759 bits per heavy atom. The molecule has 0 spiro atoms. The van der Waals surface area contributed by atoms with Crippen LogP contribution in [0.4, 0.5) is 0 Å². The molecule has 0 radical (unpaired) electrons. The topological polar surface area (TPSA) is 0 Å². The van der Waals surface area contributed by atoms with Crippen LogP contribution in [0.15, 0.2) is 30.3 Å². The van der Waals surface area contributed by atoms with E-state index in [0.717, 1.165) is 0 Å². The summed E-state index contributed by atoms with van der Waals surface area (Å²) in [6, 6.07) is 11.8. The fourth-order valence-corrected chi connectivity index (χ4v) is 4.63. The summed E-state index contributed by atoms with van der Waals surface area (Å²) in [5.74, 6) is 0.256. The van der Waals surface area contributed by atoms with Gasteiger partial charge in [0, 0.05) is 5.92 Å². The predicted molar refractivity (Wildman–Crippen MR) is 128 cm³/mol. The zero-order chi connectivity index (χ0) is 21.6. The van der Waals surface area contributed by atoms with Crippen LogP contribution in [-0.2, 0) is 0 Å². The minimum Gasteiger partial charge on any atom is -0.0587 e. The molecule has 152 valence electrons. The van der Waals surface area contributed by atoms with E-state index in [1.165, 1.54) is 72.3 Å². The first-order chi connectivity index (χ1) is 13.6. The molecule has 3 aromatic carbocycles. The fraction of sp³-hybridized carbons (Fsp3) is 0.379. The van der Waals surface area contributed by atoms with Crippen LogP contribution in [0.25, 0.3) is 0 Å². The van der Waals surface area contributed by atoms with Gasteiger partial charge in [-0.2, -0.15) is 0 Å². The molecule has 29 heavy (non-hydrogen) atoms. The molecule has 0 unspecified atom stereocenters. The third-order valence-corrected chi connectivity index (χ3v) is 7.65. The van der Waals surface area contributed by atoms with Crippen molar-refractivity contribution >= 4 is 0 Å². The van der Waals surface area contributed by atoms with Gasteiger partial charge in [0.2, 0.25) is 0 Å². The lowest BCUT2D eigenvalue weighted by atomic mass is 9.76. The molecule has 0 saturated heterocycles. The highest BCUT2D eigenvalue weighted by atomic mass is 14.3. The highest BCUT2D eigenvalue weighted by Gasteiger charge is 2.25. The second-order valence-corrected chi connectivity index (χ2v) is 9.03. The van der Waals surface area contributed by atoms with E-state index in [1.807, 2.05) is 0 Å². The van der Waals surface area contributed by atoms with E-state index in [0.29, 0.717) is 0 Å². The number of hydrogen-bond donors (Lipinski definition) is 0. The molecule has 3 rings (SSSR count). The SMILES string of the molecule is Cc1ccc(C(c2ccc(C)c(C)c2C)c2cc(C)c(C)c(C)c2C)c(C)c1C. The maximum Gasteiger partial charge on any atom is 0.0348 e. The van der Waals surface area contributed by atoms with Crippen LogP contribution in [0.2, 0.25) is 0 Å². The van der Waals surface area contributed by atoms with Gasteiger partial charge < -0.3 is 0 Å². The Kier molecular flexibility index (Phi) is 5.77. The minimum atomic E-state index is 0.256. The van der Waals surface area contributed by atoms with Crippen LogP contribution in [0.3, 0.4) is 0 Å². The van der Waals surface area contributed by atoms with E-state index in [4.69, 9.17) is 0 Å². The highest BCUT2D eigenvalue weighted by Crippen LogP contribution is 2.41. The Bertz CT molecular complexity index is 1040. The number of aryl methyl sites for hydroxylation is 3. The van der Waals surface area contributed by atoms with E-state index in [1.54, 1.807) is 0 Å². The van der Waals surface area contributed by atoms with Gasteiger partial charge in [0.1, 0.15) is 0 Å². The van der Waals surface area contributed by atoms with E-state index >= 15 is 0 Å². The maximum absolute atomic E-state index is 2.44. The van der Waals surface area contributed by atoms with Crippen molar-refractivity contribution in [3.05, 3.63) is 103 Å². The number of hydrogen-bond acceptors (Lipinski definition) is 0. The predicted octanol–water partition coefficient (Wildman–Crippen LogP) is 7.95. The van der Waals surface area contributed by atoms with E-state index in [-0.39, 0.29) is 5.92 Å². The van der Waals surface area contributed by atoms with Crippen molar-refractivity contribution < 1.29 is 0 Å². The summed E-state index contributed by atoms with van der Waals surface area (Å²) in [7, 11) is 0. The first-order valence-electron chi connectivity index (χ1n) is 10.8. The molecular formula is C29H36. The standard InChI is InChI=1S/C29H36/c1-16-11-13-26(23(8)19(16)4)29(27-14-12-17(2)20(5)24(27)9)28-15-18(3)21(6)22(7)25(28)10/h11-15,29H,1-10H3. The summed E-state index contributed by atoms with van der Waals surface area (Å²) in [4.78, 5) is 0. The average molecular weight is 385 g/mol. The molecule has 0 aliphatic heterocycles. The smallest absolute Gasteiger partial charge is 0.0348 e. The van der Waals surface area contributed by atoms with Gasteiger partial charge in [-0.05, 0) is 142 Å². The third kappa shape index (κ3) is 3.54. The van der Waals surface area contributed by atoms with Crippen molar-refractivity contribution in [2.24, 2.45) is 0 Å². The molecule has 0 aliphatic rings. The Hall–Kier alpha value is -2.34. The van der Waals surface area contributed by atoms with Crippen molar-refractivity contribution in [3.8, 4) is 0 Å². The summed E-state index contributed by atoms with van der Waals surface area (Å²) in [6.07, 6.45) is 0. The lowest BCUT2D eigenvalue weighted by Crippen LogP contribution is -2.12. The van der Waals surface area contributed by atoms with Crippen molar-refractivity contribution in [1.82, 2.24) is 0 Å². The van der Waals surface area contributed by atoms with E-state index < -0.39 is 0 Å². The molecule has 0 atom stereocenters. The van der Waals surface area contributed by atoms with Crippen LogP contribution < -0.4 is 0 Å². The minimum absolute atomic E-state index is 0.256. The quantitative estimate of drug-likeness (QED) is 0.402. The van der Waals surface area contributed by atoms with Crippen molar-refractivity contribution in [3.63, 3.8) is 0 Å². The van der Waals surface area contributed by atoms with Gasteiger partial charge in [0.05, 0.1) is 0 Å². The Labute approximate surface area is 178 Å². The summed E-state index contributed by atoms with van der Waals surface area (Å²) in [6.45, 7) is 22.6. The Morgan fingerprint density at radius 1 is 0.379 bits per heavy atom. The number of rotatable bonds is 3. The van der Waals surface area contributed by atoms with Crippen LogP contribution in [0.1, 0.15) is 78.2 Å². The molecule has 0 aliphatic carbocycles. The van der Waals surface area contributed by atoms with Gasteiger partial charge >= 0.3 is 0 Å². The van der Waals surface area contributed by atoms with Crippen LogP contribution >= 0.6 is 0 Å². The summed E-state index contributed by atoms with van der Waals surface area (Å²) in [5.41, 5.74) is 18.4. The monoisotopic (exact) mass is 384 g/mol. The lowest BCUT2D eigenvalue weighted by molar-refractivity contribution is 0.916. The van der Waals surface area contributed by atoms with Gasteiger partial charge in [0.15, 0.2) is 0 Å². The van der Waals surface area contributed by atoms with Crippen molar-refractivity contribution in [1.29, 1.82) is 0 Å². The van der Waals surface area contributed by atoms with Crippen molar-refractivity contribution in [2.75, 3.05) is 0 Å². The van der Waals surface area contributed by atoms with Crippen LogP contribution in [-0.4, -0.2) is 0 Å². The van der Waals surface area contributed by atoms with Gasteiger partial charge in [0.25, 0.3) is 0 Å². The molecule has 0 nitrogen and oxygen atoms in total. The normalized spacial score (nSPS) is 11.4. The summed E-state index contributed by atoms with van der Waals surface area (Å²) >= 11 is 0. The zero-order valence-corrected chi connectivity index (χ0v) is 20.0. The average Bonchev–Trinajstić information content (AvgIpc) is 2.69.